The minimum absolute atomic E-state index is 0.125. The number of ether oxygens (including phenoxy) is 1. The third-order valence-electron chi connectivity index (χ3n) is 2.95. The Morgan fingerprint density at radius 1 is 1.40 bits per heavy atom. The molecule has 86 valence electrons. The molecule has 0 aromatic carbocycles. The predicted molar refractivity (Wildman–Crippen MR) is 57.6 cm³/mol. The summed E-state index contributed by atoms with van der Waals surface area (Å²) in [6.07, 6.45) is 4.16. The molecule has 4 heteroatoms. The van der Waals surface area contributed by atoms with Crippen LogP contribution in [0.3, 0.4) is 0 Å². The summed E-state index contributed by atoms with van der Waals surface area (Å²) >= 11 is 0. The quantitative estimate of drug-likeness (QED) is 0.622. The van der Waals surface area contributed by atoms with E-state index in [0.29, 0.717) is 19.1 Å². The molecule has 1 amide bonds. The van der Waals surface area contributed by atoms with Crippen LogP contribution >= 0.6 is 0 Å². The molecule has 1 aliphatic heterocycles. The molecule has 15 heavy (non-hydrogen) atoms. The summed E-state index contributed by atoms with van der Waals surface area (Å²) in [7, 11) is 0. The smallest absolute Gasteiger partial charge is 0.222 e. The van der Waals surface area contributed by atoms with E-state index in [9.17, 15) is 4.79 Å². The molecule has 0 bridgehead atoms. The fraction of sp³-hybridized carbons (Fsp3) is 0.909. The molecule has 0 spiro atoms. The maximum absolute atomic E-state index is 11.4. The van der Waals surface area contributed by atoms with Gasteiger partial charge in [-0.1, -0.05) is 0 Å². The van der Waals surface area contributed by atoms with Crippen molar-refractivity contribution in [1.29, 1.82) is 0 Å². The summed E-state index contributed by atoms with van der Waals surface area (Å²) in [5.74, 6) is 0.909. The van der Waals surface area contributed by atoms with Crippen LogP contribution in [0.1, 0.15) is 25.7 Å². The van der Waals surface area contributed by atoms with Crippen molar-refractivity contribution in [2.24, 2.45) is 5.92 Å². The van der Waals surface area contributed by atoms with Crippen molar-refractivity contribution >= 4 is 5.91 Å². The second-order valence-electron chi connectivity index (χ2n) is 4.53. The van der Waals surface area contributed by atoms with Gasteiger partial charge >= 0.3 is 0 Å². The molecule has 1 atom stereocenters. The lowest BCUT2D eigenvalue weighted by molar-refractivity contribution is -0.122. The van der Waals surface area contributed by atoms with Gasteiger partial charge in [-0.05, 0) is 31.7 Å². The molecular formula is C11H20N2O2. The van der Waals surface area contributed by atoms with Crippen molar-refractivity contribution < 1.29 is 9.53 Å². The average molecular weight is 212 g/mol. The third kappa shape index (κ3) is 4.18. The maximum atomic E-state index is 11.4. The number of carbonyl (C=O) groups is 1. The van der Waals surface area contributed by atoms with Crippen LogP contribution in [0.25, 0.3) is 0 Å². The Bertz CT molecular complexity index is 211. The van der Waals surface area contributed by atoms with Gasteiger partial charge in [-0.2, -0.15) is 0 Å². The SMILES string of the molecule is O=C(CCOCC1CC1)NC1CCNC1. The van der Waals surface area contributed by atoms with E-state index in [2.05, 4.69) is 10.6 Å². The van der Waals surface area contributed by atoms with E-state index < -0.39 is 0 Å². The first-order valence-corrected chi connectivity index (χ1v) is 5.92. The highest BCUT2D eigenvalue weighted by Crippen LogP contribution is 2.28. The Morgan fingerprint density at radius 2 is 2.27 bits per heavy atom. The normalized spacial score (nSPS) is 25.5. The highest BCUT2D eigenvalue weighted by Gasteiger charge is 2.21. The molecule has 2 fully saturated rings. The summed E-state index contributed by atoms with van der Waals surface area (Å²) in [6, 6.07) is 0.334. The van der Waals surface area contributed by atoms with Crippen molar-refractivity contribution in [3.8, 4) is 0 Å². The summed E-state index contributed by atoms with van der Waals surface area (Å²) in [6.45, 7) is 3.35. The van der Waals surface area contributed by atoms with Gasteiger partial charge in [0.15, 0.2) is 0 Å². The van der Waals surface area contributed by atoms with Crippen LogP contribution in [-0.2, 0) is 9.53 Å². The first kappa shape index (κ1) is 10.9. The minimum Gasteiger partial charge on any atom is -0.381 e. The number of rotatable bonds is 6. The second-order valence-corrected chi connectivity index (χ2v) is 4.53. The van der Waals surface area contributed by atoms with Gasteiger partial charge in [0.25, 0.3) is 0 Å². The van der Waals surface area contributed by atoms with Crippen molar-refractivity contribution in [3.63, 3.8) is 0 Å². The highest BCUT2D eigenvalue weighted by molar-refractivity contribution is 5.76. The first-order valence-electron chi connectivity index (χ1n) is 5.92. The van der Waals surface area contributed by atoms with E-state index in [4.69, 9.17) is 4.74 Å². The topological polar surface area (TPSA) is 50.4 Å². The van der Waals surface area contributed by atoms with Crippen LogP contribution < -0.4 is 10.6 Å². The lowest BCUT2D eigenvalue weighted by atomic mass is 10.2. The number of hydrogen-bond donors (Lipinski definition) is 2. The van der Waals surface area contributed by atoms with Crippen LogP contribution in [0.5, 0.6) is 0 Å². The molecule has 1 saturated carbocycles. The zero-order valence-electron chi connectivity index (χ0n) is 9.13. The highest BCUT2D eigenvalue weighted by atomic mass is 16.5. The van der Waals surface area contributed by atoms with E-state index >= 15 is 0 Å². The maximum Gasteiger partial charge on any atom is 0.222 e. The van der Waals surface area contributed by atoms with Crippen LogP contribution in [-0.4, -0.2) is 38.3 Å². The van der Waals surface area contributed by atoms with Crippen molar-refractivity contribution in [2.45, 2.75) is 31.7 Å². The third-order valence-corrected chi connectivity index (χ3v) is 2.95. The molecular weight excluding hydrogens is 192 g/mol. The van der Waals surface area contributed by atoms with Crippen molar-refractivity contribution in [3.05, 3.63) is 0 Å². The number of nitrogens with one attached hydrogen (secondary N) is 2. The molecule has 1 saturated heterocycles. The summed E-state index contributed by atoms with van der Waals surface area (Å²) < 4.78 is 5.42. The number of carbonyl (C=O) groups excluding carboxylic acids is 1. The Labute approximate surface area is 90.8 Å². The van der Waals surface area contributed by atoms with E-state index in [0.717, 1.165) is 32.0 Å². The van der Waals surface area contributed by atoms with Gasteiger partial charge in [-0.15, -0.1) is 0 Å². The van der Waals surface area contributed by atoms with Gasteiger partial charge in [-0.3, -0.25) is 4.79 Å². The van der Waals surface area contributed by atoms with Gasteiger partial charge in [0.1, 0.15) is 0 Å². The molecule has 2 rings (SSSR count). The Kier molecular flexibility index (Phi) is 3.97. The summed E-state index contributed by atoms with van der Waals surface area (Å²) in [5.41, 5.74) is 0. The van der Waals surface area contributed by atoms with Gasteiger partial charge in [0, 0.05) is 25.6 Å². The van der Waals surface area contributed by atoms with Crippen molar-refractivity contribution in [1.82, 2.24) is 10.6 Å². The van der Waals surface area contributed by atoms with Gasteiger partial charge in [-0.25, -0.2) is 0 Å². The molecule has 0 aromatic rings. The predicted octanol–water partition coefficient (Wildman–Crippen LogP) is 0.281. The molecule has 1 aliphatic carbocycles. The molecule has 0 radical (unpaired) electrons. The number of hydrogen-bond acceptors (Lipinski definition) is 3. The minimum atomic E-state index is 0.125. The van der Waals surface area contributed by atoms with E-state index in [1.807, 2.05) is 0 Å². The van der Waals surface area contributed by atoms with Crippen LogP contribution in [0.15, 0.2) is 0 Å². The average Bonchev–Trinajstić information content (AvgIpc) is 2.91. The van der Waals surface area contributed by atoms with Crippen LogP contribution in [0.2, 0.25) is 0 Å². The van der Waals surface area contributed by atoms with E-state index in [1.165, 1.54) is 12.8 Å². The Morgan fingerprint density at radius 3 is 2.93 bits per heavy atom. The molecule has 2 aliphatic rings. The van der Waals surface area contributed by atoms with Gasteiger partial charge in [0.2, 0.25) is 5.91 Å². The Balaban J connectivity index is 1.47. The summed E-state index contributed by atoms with van der Waals surface area (Å²) in [4.78, 5) is 11.4. The fourth-order valence-electron chi connectivity index (χ4n) is 1.78. The molecule has 0 aromatic heterocycles. The number of amides is 1. The fourth-order valence-corrected chi connectivity index (χ4v) is 1.78. The van der Waals surface area contributed by atoms with E-state index in [-0.39, 0.29) is 5.91 Å². The standard InChI is InChI=1S/C11H20N2O2/c14-11(13-10-3-5-12-7-10)4-6-15-8-9-1-2-9/h9-10,12H,1-8H2,(H,13,14). The van der Waals surface area contributed by atoms with Crippen molar-refractivity contribution in [2.75, 3.05) is 26.3 Å². The lowest BCUT2D eigenvalue weighted by Gasteiger charge is -2.11. The monoisotopic (exact) mass is 212 g/mol. The van der Waals surface area contributed by atoms with E-state index in [1.54, 1.807) is 0 Å². The molecule has 1 heterocycles. The molecule has 1 unspecified atom stereocenters. The van der Waals surface area contributed by atoms with Crippen LogP contribution in [0.4, 0.5) is 0 Å². The molecule has 2 N–H and O–H groups in total. The van der Waals surface area contributed by atoms with Crippen LogP contribution in [0, 0.1) is 5.92 Å². The molecule has 4 nitrogen and oxygen atoms in total. The first-order chi connectivity index (χ1) is 7.34. The Hall–Kier alpha value is -0.610. The lowest BCUT2D eigenvalue weighted by Crippen LogP contribution is -2.36. The zero-order valence-corrected chi connectivity index (χ0v) is 9.13. The second kappa shape index (κ2) is 5.47. The van der Waals surface area contributed by atoms with Gasteiger partial charge in [0.05, 0.1) is 6.61 Å². The largest absolute Gasteiger partial charge is 0.381 e. The zero-order chi connectivity index (χ0) is 10.5. The van der Waals surface area contributed by atoms with Gasteiger partial charge < -0.3 is 15.4 Å². The summed E-state index contributed by atoms with van der Waals surface area (Å²) in [5, 5.41) is 6.22.